The molecule has 4 nitrogen and oxygen atoms in total. The average molecular weight is 256 g/mol. The predicted molar refractivity (Wildman–Crippen MR) is 74.5 cm³/mol. The Kier molecular flexibility index (Phi) is 3.89. The van der Waals surface area contributed by atoms with Crippen LogP contribution in [0.2, 0.25) is 0 Å². The molecule has 3 heterocycles. The number of hydrogen-bond acceptors (Lipinski definition) is 3. The van der Waals surface area contributed by atoms with Gasteiger partial charge in [0, 0.05) is 31.7 Å². The molecule has 0 amide bonds. The monoisotopic (exact) mass is 256 g/mol. The summed E-state index contributed by atoms with van der Waals surface area (Å²) in [5.41, 5.74) is 1.17. The van der Waals surface area contributed by atoms with E-state index >= 15 is 0 Å². The largest absolute Gasteiger partial charge is 0.297 e. The predicted octanol–water partition coefficient (Wildman–Crippen LogP) is 2.19. The molecule has 19 heavy (non-hydrogen) atoms. The van der Waals surface area contributed by atoms with E-state index < -0.39 is 0 Å². The summed E-state index contributed by atoms with van der Waals surface area (Å²) in [7, 11) is 0. The summed E-state index contributed by atoms with van der Waals surface area (Å²) in [4.78, 5) is 6.90. The zero-order valence-corrected chi connectivity index (χ0v) is 11.2. The lowest BCUT2D eigenvalue weighted by Gasteiger charge is -2.31. The van der Waals surface area contributed by atoms with Crippen LogP contribution in [0.1, 0.15) is 18.5 Å². The van der Waals surface area contributed by atoms with E-state index in [4.69, 9.17) is 0 Å². The van der Waals surface area contributed by atoms with Crippen LogP contribution in [-0.4, -0.2) is 32.8 Å². The van der Waals surface area contributed by atoms with Crippen molar-refractivity contribution in [2.24, 2.45) is 5.92 Å². The Labute approximate surface area is 114 Å². The van der Waals surface area contributed by atoms with E-state index in [1.807, 2.05) is 24.5 Å². The second kappa shape index (κ2) is 5.97. The lowest BCUT2D eigenvalue weighted by Crippen LogP contribution is -2.34. The molecule has 0 radical (unpaired) electrons. The van der Waals surface area contributed by atoms with E-state index in [0.717, 1.165) is 19.0 Å². The highest BCUT2D eigenvalue weighted by atomic mass is 15.3. The molecule has 2 aromatic rings. The molecule has 1 saturated heterocycles. The van der Waals surface area contributed by atoms with Gasteiger partial charge in [-0.2, -0.15) is 5.10 Å². The number of nitrogens with zero attached hydrogens (tertiary/aromatic N) is 4. The van der Waals surface area contributed by atoms with Crippen LogP contribution in [0.15, 0.2) is 42.9 Å². The number of pyridine rings is 1. The van der Waals surface area contributed by atoms with Crippen LogP contribution < -0.4 is 0 Å². The lowest BCUT2D eigenvalue weighted by atomic mass is 9.97. The van der Waals surface area contributed by atoms with Crippen molar-refractivity contribution in [3.05, 3.63) is 48.5 Å². The summed E-state index contributed by atoms with van der Waals surface area (Å²) in [5.74, 6) is 0.764. The fourth-order valence-electron chi connectivity index (χ4n) is 2.72. The molecule has 0 atom stereocenters. The van der Waals surface area contributed by atoms with Crippen LogP contribution >= 0.6 is 0 Å². The first kappa shape index (κ1) is 12.4. The standard InChI is InChI=1S/C15H20N4/c1-2-7-16-15(4-1)13-18-10-5-14(6-11-18)12-19-9-3-8-17-19/h1-4,7-9,14H,5-6,10-13H2. The van der Waals surface area contributed by atoms with Crippen LogP contribution in [0.5, 0.6) is 0 Å². The first-order chi connectivity index (χ1) is 9.40. The molecule has 0 saturated carbocycles. The third-order valence-corrected chi connectivity index (χ3v) is 3.82. The van der Waals surface area contributed by atoms with Gasteiger partial charge in [-0.25, -0.2) is 0 Å². The van der Waals surface area contributed by atoms with E-state index in [1.54, 1.807) is 0 Å². The van der Waals surface area contributed by atoms with E-state index in [-0.39, 0.29) is 0 Å². The molecule has 0 aromatic carbocycles. The van der Waals surface area contributed by atoms with Crippen LogP contribution in [0.4, 0.5) is 0 Å². The molecule has 3 rings (SSSR count). The van der Waals surface area contributed by atoms with Gasteiger partial charge in [-0.1, -0.05) is 6.07 Å². The van der Waals surface area contributed by atoms with Gasteiger partial charge in [0.15, 0.2) is 0 Å². The number of rotatable bonds is 4. The van der Waals surface area contributed by atoms with E-state index in [0.29, 0.717) is 0 Å². The molecule has 0 unspecified atom stereocenters. The van der Waals surface area contributed by atoms with Gasteiger partial charge in [-0.3, -0.25) is 14.6 Å². The second-order valence-corrected chi connectivity index (χ2v) is 5.27. The first-order valence-corrected chi connectivity index (χ1v) is 7.00. The summed E-state index contributed by atoms with van der Waals surface area (Å²) in [6.07, 6.45) is 8.30. The molecular formula is C15H20N4. The van der Waals surface area contributed by atoms with Gasteiger partial charge in [-0.15, -0.1) is 0 Å². The Bertz CT molecular complexity index is 472. The van der Waals surface area contributed by atoms with Crippen molar-refractivity contribution in [1.29, 1.82) is 0 Å². The quantitative estimate of drug-likeness (QED) is 0.841. The van der Waals surface area contributed by atoms with Crippen molar-refractivity contribution in [3.8, 4) is 0 Å². The highest BCUT2D eigenvalue weighted by molar-refractivity contribution is 5.03. The van der Waals surface area contributed by atoms with Crippen molar-refractivity contribution in [3.63, 3.8) is 0 Å². The van der Waals surface area contributed by atoms with Crippen molar-refractivity contribution < 1.29 is 0 Å². The van der Waals surface area contributed by atoms with Crippen molar-refractivity contribution >= 4 is 0 Å². The summed E-state index contributed by atoms with van der Waals surface area (Å²) in [6.45, 7) is 4.38. The van der Waals surface area contributed by atoms with Crippen molar-refractivity contribution in [2.45, 2.75) is 25.9 Å². The number of aromatic nitrogens is 3. The smallest absolute Gasteiger partial charge is 0.0543 e. The molecule has 0 aliphatic carbocycles. The fourth-order valence-corrected chi connectivity index (χ4v) is 2.72. The maximum absolute atomic E-state index is 4.40. The molecule has 1 aliphatic heterocycles. The van der Waals surface area contributed by atoms with E-state index in [2.05, 4.69) is 38.0 Å². The zero-order chi connectivity index (χ0) is 12.9. The van der Waals surface area contributed by atoms with E-state index in [1.165, 1.54) is 31.6 Å². The van der Waals surface area contributed by atoms with Gasteiger partial charge in [0.25, 0.3) is 0 Å². The lowest BCUT2D eigenvalue weighted by molar-refractivity contribution is 0.163. The topological polar surface area (TPSA) is 34.0 Å². The molecule has 2 aromatic heterocycles. The third kappa shape index (κ3) is 3.41. The highest BCUT2D eigenvalue weighted by Crippen LogP contribution is 2.19. The minimum absolute atomic E-state index is 0.764. The van der Waals surface area contributed by atoms with E-state index in [9.17, 15) is 0 Å². The number of likely N-dealkylation sites (tertiary alicyclic amines) is 1. The Morgan fingerprint density at radius 1 is 1.11 bits per heavy atom. The molecule has 0 bridgehead atoms. The molecule has 1 aliphatic rings. The van der Waals surface area contributed by atoms with Crippen molar-refractivity contribution in [1.82, 2.24) is 19.7 Å². The van der Waals surface area contributed by atoms with Gasteiger partial charge < -0.3 is 0 Å². The van der Waals surface area contributed by atoms with Crippen molar-refractivity contribution in [2.75, 3.05) is 13.1 Å². The van der Waals surface area contributed by atoms with Crippen LogP contribution in [0.25, 0.3) is 0 Å². The maximum Gasteiger partial charge on any atom is 0.0543 e. The molecule has 4 heteroatoms. The Morgan fingerprint density at radius 3 is 2.68 bits per heavy atom. The summed E-state index contributed by atoms with van der Waals surface area (Å²) >= 11 is 0. The van der Waals surface area contributed by atoms with Gasteiger partial charge in [0.1, 0.15) is 0 Å². The van der Waals surface area contributed by atoms with Crippen LogP contribution in [-0.2, 0) is 13.1 Å². The summed E-state index contributed by atoms with van der Waals surface area (Å²) in [5, 5.41) is 4.29. The Hall–Kier alpha value is -1.68. The summed E-state index contributed by atoms with van der Waals surface area (Å²) in [6, 6.07) is 8.14. The minimum Gasteiger partial charge on any atom is -0.297 e. The Morgan fingerprint density at radius 2 is 2.00 bits per heavy atom. The van der Waals surface area contributed by atoms with Gasteiger partial charge in [-0.05, 0) is 50.0 Å². The Balaban J connectivity index is 1.47. The van der Waals surface area contributed by atoms with Gasteiger partial charge in [0.2, 0.25) is 0 Å². The number of hydrogen-bond donors (Lipinski definition) is 0. The molecule has 0 N–H and O–H groups in total. The number of piperidine rings is 1. The van der Waals surface area contributed by atoms with Gasteiger partial charge in [0.05, 0.1) is 5.69 Å². The minimum atomic E-state index is 0.764. The normalized spacial score (nSPS) is 17.7. The molecule has 1 fully saturated rings. The van der Waals surface area contributed by atoms with Crippen LogP contribution in [0, 0.1) is 5.92 Å². The summed E-state index contributed by atoms with van der Waals surface area (Å²) < 4.78 is 2.05. The SMILES string of the molecule is c1ccc(CN2CCC(Cn3cccn3)CC2)nc1. The zero-order valence-electron chi connectivity index (χ0n) is 11.2. The molecular weight excluding hydrogens is 236 g/mol. The fraction of sp³-hybridized carbons (Fsp3) is 0.467. The first-order valence-electron chi connectivity index (χ1n) is 7.00. The third-order valence-electron chi connectivity index (χ3n) is 3.82. The molecule has 0 spiro atoms. The molecule has 100 valence electrons. The second-order valence-electron chi connectivity index (χ2n) is 5.27. The average Bonchev–Trinajstić information content (AvgIpc) is 2.95. The van der Waals surface area contributed by atoms with Crippen LogP contribution in [0.3, 0.4) is 0 Å². The maximum atomic E-state index is 4.40. The van der Waals surface area contributed by atoms with Gasteiger partial charge >= 0.3 is 0 Å². The highest BCUT2D eigenvalue weighted by Gasteiger charge is 2.19.